The van der Waals surface area contributed by atoms with E-state index in [0.717, 1.165) is 11.4 Å². The van der Waals surface area contributed by atoms with E-state index in [0.29, 0.717) is 32.1 Å². The first-order valence-corrected chi connectivity index (χ1v) is 9.09. The van der Waals surface area contributed by atoms with Crippen LogP contribution in [0.25, 0.3) is 0 Å². The number of anilines is 2. The minimum Gasteiger partial charge on any atom is -0.368 e. The molecule has 0 aromatic heterocycles. The summed E-state index contributed by atoms with van der Waals surface area (Å²) in [5, 5.41) is 13.7. The van der Waals surface area contributed by atoms with Gasteiger partial charge in [0.25, 0.3) is 5.69 Å². The van der Waals surface area contributed by atoms with Gasteiger partial charge in [0, 0.05) is 49.7 Å². The minimum absolute atomic E-state index is 0.0836. The average Bonchev–Trinajstić information content (AvgIpc) is 2.68. The Kier molecular flexibility index (Phi) is 5.59. The molecule has 0 radical (unpaired) electrons. The molecule has 7 heteroatoms. The van der Waals surface area contributed by atoms with Crippen LogP contribution < -0.4 is 10.2 Å². The first kappa shape index (κ1) is 18.7. The van der Waals surface area contributed by atoms with Crippen LogP contribution in [0.3, 0.4) is 0 Å². The van der Waals surface area contributed by atoms with Crippen LogP contribution in [0.2, 0.25) is 0 Å². The number of piperazine rings is 1. The quantitative estimate of drug-likeness (QED) is 0.652. The number of benzene rings is 2. The molecule has 3 rings (SSSR count). The second-order valence-corrected chi connectivity index (χ2v) is 6.95. The molecule has 0 atom stereocenters. The first-order chi connectivity index (χ1) is 12.9. The molecule has 142 valence electrons. The lowest BCUT2D eigenvalue weighted by Gasteiger charge is -2.36. The summed E-state index contributed by atoms with van der Waals surface area (Å²) in [5.41, 5.74) is 3.05. The molecule has 1 heterocycles. The summed E-state index contributed by atoms with van der Waals surface area (Å²) >= 11 is 0. The molecule has 1 fully saturated rings. The Hall–Kier alpha value is -3.09. The van der Waals surface area contributed by atoms with Crippen molar-refractivity contribution in [2.75, 3.05) is 36.4 Å². The van der Waals surface area contributed by atoms with E-state index in [1.807, 2.05) is 24.3 Å². The number of rotatable bonds is 4. The van der Waals surface area contributed by atoms with Crippen LogP contribution in [0, 0.1) is 10.1 Å². The fourth-order valence-electron chi connectivity index (χ4n) is 3.11. The number of hydrogen-bond acceptors (Lipinski definition) is 4. The number of amides is 2. The van der Waals surface area contributed by atoms with Gasteiger partial charge in [-0.25, -0.2) is 4.79 Å². The number of nitrogens with one attached hydrogen (secondary N) is 1. The first-order valence-electron chi connectivity index (χ1n) is 9.09. The van der Waals surface area contributed by atoms with E-state index in [1.165, 1.54) is 17.7 Å². The Morgan fingerprint density at radius 2 is 1.59 bits per heavy atom. The van der Waals surface area contributed by atoms with E-state index in [-0.39, 0.29) is 11.7 Å². The highest BCUT2D eigenvalue weighted by molar-refractivity contribution is 5.89. The van der Waals surface area contributed by atoms with E-state index in [1.54, 1.807) is 17.0 Å². The lowest BCUT2D eigenvalue weighted by Crippen LogP contribution is -2.50. The molecular weight excluding hydrogens is 344 g/mol. The maximum absolute atomic E-state index is 12.5. The van der Waals surface area contributed by atoms with Gasteiger partial charge in [-0.05, 0) is 35.7 Å². The van der Waals surface area contributed by atoms with Crippen molar-refractivity contribution in [2.45, 2.75) is 19.8 Å². The van der Waals surface area contributed by atoms with Crippen LogP contribution in [0.15, 0.2) is 48.5 Å². The lowest BCUT2D eigenvalue weighted by molar-refractivity contribution is -0.384. The number of urea groups is 1. The molecule has 2 aromatic rings. The normalized spacial score (nSPS) is 14.3. The van der Waals surface area contributed by atoms with Crippen molar-refractivity contribution in [2.24, 2.45) is 0 Å². The van der Waals surface area contributed by atoms with Gasteiger partial charge in [-0.2, -0.15) is 0 Å². The molecule has 7 nitrogen and oxygen atoms in total. The minimum atomic E-state index is -0.403. The molecule has 0 saturated carbocycles. The highest BCUT2D eigenvalue weighted by Gasteiger charge is 2.21. The molecule has 0 unspecified atom stereocenters. The van der Waals surface area contributed by atoms with Gasteiger partial charge in [0.15, 0.2) is 0 Å². The van der Waals surface area contributed by atoms with Gasteiger partial charge in [0.2, 0.25) is 0 Å². The van der Waals surface area contributed by atoms with E-state index >= 15 is 0 Å². The van der Waals surface area contributed by atoms with Gasteiger partial charge in [-0.3, -0.25) is 10.1 Å². The fourth-order valence-corrected chi connectivity index (χ4v) is 3.11. The van der Waals surface area contributed by atoms with Crippen LogP contribution >= 0.6 is 0 Å². The maximum atomic E-state index is 12.5. The van der Waals surface area contributed by atoms with Gasteiger partial charge in [0.1, 0.15) is 0 Å². The van der Waals surface area contributed by atoms with Crippen molar-refractivity contribution < 1.29 is 9.72 Å². The fraction of sp³-hybridized carbons (Fsp3) is 0.350. The molecule has 0 bridgehead atoms. The molecule has 1 aliphatic rings. The number of carbonyl (C=O) groups is 1. The Morgan fingerprint density at radius 3 is 2.11 bits per heavy atom. The van der Waals surface area contributed by atoms with Crippen LogP contribution in [0.5, 0.6) is 0 Å². The summed E-state index contributed by atoms with van der Waals surface area (Å²) in [6.45, 7) is 6.87. The van der Waals surface area contributed by atoms with Crippen LogP contribution in [0.4, 0.5) is 21.9 Å². The van der Waals surface area contributed by atoms with Gasteiger partial charge in [-0.1, -0.05) is 26.0 Å². The second kappa shape index (κ2) is 8.07. The van der Waals surface area contributed by atoms with Gasteiger partial charge < -0.3 is 15.1 Å². The topological polar surface area (TPSA) is 78.7 Å². The van der Waals surface area contributed by atoms with Crippen molar-refractivity contribution in [3.05, 3.63) is 64.2 Å². The van der Waals surface area contributed by atoms with Gasteiger partial charge in [-0.15, -0.1) is 0 Å². The Labute approximate surface area is 158 Å². The number of nitro benzene ring substituents is 1. The van der Waals surface area contributed by atoms with Crippen molar-refractivity contribution >= 4 is 23.1 Å². The molecule has 1 saturated heterocycles. The summed E-state index contributed by atoms with van der Waals surface area (Å²) in [6.07, 6.45) is 0. The van der Waals surface area contributed by atoms with Crippen LogP contribution in [-0.2, 0) is 0 Å². The lowest BCUT2D eigenvalue weighted by atomic mass is 10.0. The molecule has 27 heavy (non-hydrogen) atoms. The number of carbonyl (C=O) groups excluding carboxylic acids is 1. The number of non-ortho nitro benzene ring substituents is 1. The molecule has 1 N–H and O–H groups in total. The number of nitrogens with zero attached hydrogens (tertiary/aromatic N) is 3. The SMILES string of the molecule is CC(C)c1ccc(NC(=O)N2CCN(c3ccc([N+](=O)[O-])cc3)CC2)cc1. The summed E-state index contributed by atoms with van der Waals surface area (Å²) < 4.78 is 0. The number of hydrogen-bond donors (Lipinski definition) is 1. The molecule has 1 aliphatic heterocycles. The van der Waals surface area contributed by atoms with E-state index in [4.69, 9.17) is 0 Å². The monoisotopic (exact) mass is 368 g/mol. The van der Waals surface area contributed by atoms with Crippen molar-refractivity contribution in [1.82, 2.24) is 4.90 Å². The molecule has 2 amide bonds. The Morgan fingerprint density at radius 1 is 1.00 bits per heavy atom. The van der Waals surface area contributed by atoms with Gasteiger partial charge >= 0.3 is 6.03 Å². The van der Waals surface area contributed by atoms with Crippen molar-refractivity contribution in [3.8, 4) is 0 Å². The zero-order valence-electron chi connectivity index (χ0n) is 15.6. The second-order valence-electron chi connectivity index (χ2n) is 6.95. The predicted octanol–water partition coefficient (Wildman–Crippen LogP) is 4.07. The third kappa shape index (κ3) is 4.55. The summed E-state index contributed by atoms with van der Waals surface area (Å²) in [6, 6.07) is 14.4. The molecule has 0 aliphatic carbocycles. The zero-order chi connectivity index (χ0) is 19.4. The third-order valence-corrected chi connectivity index (χ3v) is 4.82. The largest absolute Gasteiger partial charge is 0.368 e. The van der Waals surface area contributed by atoms with E-state index in [9.17, 15) is 14.9 Å². The smallest absolute Gasteiger partial charge is 0.321 e. The number of nitro groups is 1. The zero-order valence-corrected chi connectivity index (χ0v) is 15.6. The highest BCUT2D eigenvalue weighted by atomic mass is 16.6. The summed E-state index contributed by atoms with van der Waals surface area (Å²) in [7, 11) is 0. The van der Waals surface area contributed by atoms with Crippen LogP contribution in [-0.4, -0.2) is 42.0 Å². The third-order valence-electron chi connectivity index (χ3n) is 4.82. The predicted molar refractivity (Wildman–Crippen MR) is 106 cm³/mol. The van der Waals surface area contributed by atoms with Crippen molar-refractivity contribution in [3.63, 3.8) is 0 Å². The molecule has 0 spiro atoms. The van der Waals surface area contributed by atoms with Crippen LogP contribution in [0.1, 0.15) is 25.3 Å². The average molecular weight is 368 g/mol. The van der Waals surface area contributed by atoms with Crippen molar-refractivity contribution in [1.29, 1.82) is 0 Å². The summed E-state index contributed by atoms with van der Waals surface area (Å²) in [4.78, 5) is 26.7. The van der Waals surface area contributed by atoms with E-state index < -0.39 is 4.92 Å². The Bertz CT molecular complexity index is 795. The van der Waals surface area contributed by atoms with E-state index in [2.05, 4.69) is 24.1 Å². The van der Waals surface area contributed by atoms with Gasteiger partial charge in [0.05, 0.1) is 4.92 Å². The standard InChI is InChI=1S/C20H24N4O3/c1-15(2)16-3-5-17(6-4-16)21-20(25)23-13-11-22(12-14-23)18-7-9-19(10-8-18)24(26)27/h3-10,15H,11-14H2,1-2H3,(H,21,25). The highest BCUT2D eigenvalue weighted by Crippen LogP contribution is 2.21. The molecule has 2 aromatic carbocycles. The molecular formula is C20H24N4O3. The Balaban J connectivity index is 1.53. The summed E-state index contributed by atoms with van der Waals surface area (Å²) in [5.74, 6) is 0.460. The maximum Gasteiger partial charge on any atom is 0.321 e.